The van der Waals surface area contributed by atoms with E-state index in [2.05, 4.69) is 22.5 Å². The van der Waals surface area contributed by atoms with Crippen LogP contribution < -0.4 is 10.6 Å². The van der Waals surface area contributed by atoms with E-state index < -0.39 is 0 Å². The van der Waals surface area contributed by atoms with Crippen LogP contribution in [0, 0.1) is 6.92 Å². The second-order valence-corrected chi connectivity index (χ2v) is 4.79. The molecule has 2 heterocycles. The molecule has 0 atom stereocenters. The van der Waals surface area contributed by atoms with Crippen molar-refractivity contribution in [2.45, 2.75) is 32.3 Å². The van der Waals surface area contributed by atoms with Gasteiger partial charge in [-0.15, -0.1) is 0 Å². The van der Waals surface area contributed by atoms with Crippen LogP contribution in [0.5, 0.6) is 0 Å². The Labute approximate surface area is 109 Å². The van der Waals surface area contributed by atoms with Crippen molar-refractivity contribution in [3.05, 3.63) is 24.0 Å². The highest BCUT2D eigenvalue weighted by atomic mass is 16.5. The normalized spacial score (nSPS) is 16.7. The second kappa shape index (κ2) is 7.34. The summed E-state index contributed by atoms with van der Waals surface area (Å²) < 4.78 is 5.86. The van der Waals surface area contributed by atoms with Crippen LogP contribution in [0.2, 0.25) is 0 Å². The van der Waals surface area contributed by atoms with Gasteiger partial charge in [-0.1, -0.05) is 0 Å². The summed E-state index contributed by atoms with van der Waals surface area (Å²) >= 11 is 0. The number of nitrogens with one attached hydrogen (secondary N) is 2. The average Bonchev–Trinajstić information content (AvgIpc) is 2.42. The zero-order valence-corrected chi connectivity index (χ0v) is 11.1. The highest BCUT2D eigenvalue weighted by molar-refractivity contribution is 5.48. The summed E-state index contributed by atoms with van der Waals surface area (Å²) in [5.74, 6) is 0. The maximum absolute atomic E-state index is 5.86. The molecule has 0 bridgehead atoms. The number of hydrogen-bond acceptors (Lipinski definition) is 4. The SMILES string of the molecule is Cc1cnccc1NCCCOC1CCNCC1. The molecule has 1 fully saturated rings. The zero-order valence-electron chi connectivity index (χ0n) is 11.1. The molecule has 100 valence electrons. The first-order chi connectivity index (χ1) is 8.86. The number of aromatic nitrogens is 1. The molecule has 1 aliphatic rings. The van der Waals surface area contributed by atoms with Gasteiger partial charge >= 0.3 is 0 Å². The van der Waals surface area contributed by atoms with Crippen molar-refractivity contribution >= 4 is 5.69 Å². The van der Waals surface area contributed by atoms with Crippen molar-refractivity contribution in [3.8, 4) is 0 Å². The van der Waals surface area contributed by atoms with Crippen molar-refractivity contribution < 1.29 is 4.74 Å². The first kappa shape index (κ1) is 13.3. The molecule has 1 aromatic heterocycles. The molecule has 2 N–H and O–H groups in total. The minimum absolute atomic E-state index is 0.467. The van der Waals surface area contributed by atoms with E-state index in [4.69, 9.17) is 4.74 Å². The lowest BCUT2D eigenvalue weighted by Crippen LogP contribution is -2.32. The molecule has 0 amide bonds. The number of pyridine rings is 1. The molecule has 1 aliphatic heterocycles. The van der Waals surface area contributed by atoms with Crippen LogP contribution in [-0.2, 0) is 4.74 Å². The molecular formula is C14H23N3O. The molecule has 0 aromatic carbocycles. The van der Waals surface area contributed by atoms with Gasteiger partial charge in [0.15, 0.2) is 0 Å². The molecule has 1 aromatic rings. The maximum Gasteiger partial charge on any atom is 0.0599 e. The Kier molecular flexibility index (Phi) is 5.42. The highest BCUT2D eigenvalue weighted by Gasteiger charge is 2.12. The third kappa shape index (κ3) is 4.27. The number of nitrogens with zero attached hydrogens (tertiary/aromatic N) is 1. The van der Waals surface area contributed by atoms with E-state index in [1.807, 2.05) is 18.5 Å². The number of aryl methyl sites for hydroxylation is 1. The third-order valence-electron chi connectivity index (χ3n) is 3.30. The summed E-state index contributed by atoms with van der Waals surface area (Å²) in [6, 6.07) is 2.02. The van der Waals surface area contributed by atoms with Crippen LogP contribution in [0.4, 0.5) is 5.69 Å². The van der Waals surface area contributed by atoms with E-state index in [9.17, 15) is 0 Å². The maximum atomic E-state index is 5.86. The van der Waals surface area contributed by atoms with Gasteiger partial charge in [0, 0.05) is 31.2 Å². The van der Waals surface area contributed by atoms with Gasteiger partial charge in [0.1, 0.15) is 0 Å². The number of ether oxygens (including phenoxy) is 1. The summed E-state index contributed by atoms with van der Waals surface area (Å²) in [4.78, 5) is 4.08. The van der Waals surface area contributed by atoms with Crippen molar-refractivity contribution in [3.63, 3.8) is 0 Å². The van der Waals surface area contributed by atoms with Gasteiger partial charge in [-0.3, -0.25) is 4.98 Å². The third-order valence-corrected chi connectivity index (χ3v) is 3.30. The molecule has 0 unspecified atom stereocenters. The predicted octanol–water partition coefficient (Wildman–Crippen LogP) is 1.96. The lowest BCUT2D eigenvalue weighted by molar-refractivity contribution is 0.0329. The van der Waals surface area contributed by atoms with Gasteiger partial charge < -0.3 is 15.4 Å². The Bertz CT molecular complexity index is 351. The topological polar surface area (TPSA) is 46.2 Å². The smallest absolute Gasteiger partial charge is 0.0599 e. The molecule has 4 nitrogen and oxygen atoms in total. The molecule has 0 saturated carbocycles. The van der Waals surface area contributed by atoms with Gasteiger partial charge in [0.05, 0.1) is 6.10 Å². The van der Waals surface area contributed by atoms with E-state index in [0.717, 1.165) is 45.5 Å². The van der Waals surface area contributed by atoms with E-state index in [1.54, 1.807) is 0 Å². The first-order valence-corrected chi connectivity index (χ1v) is 6.83. The van der Waals surface area contributed by atoms with Crippen molar-refractivity contribution in [1.29, 1.82) is 0 Å². The summed E-state index contributed by atoms with van der Waals surface area (Å²) in [5, 5.41) is 6.76. The molecule has 18 heavy (non-hydrogen) atoms. The second-order valence-electron chi connectivity index (χ2n) is 4.79. The molecule has 4 heteroatoms. The standard InChI is InChI=1S/C14H23N3O/c1-12-11-16-9-5-14(12)17-6-2-10-18-13-3-7-15-8-4-13/h5,9,11,13,15H,2-4,6-8,10H2,1H3,(H,16,17). The highest BCUT2D eigenvalue weighted by Crippen LogP contribution is 2.11. The van der Waals surface area contributed by atoms with Crippen molar-refractivity contribution in [2.75, 3.05) is 31.6 Å². The van der Waals surface area contributed by atoms with Crippen LogP contribution in [0.25, 0.3) is 0 Å². The number of piperidine rings is 1. The fourth-order valence-electron chi connectivity index (χ4n) is 2.18. The van der Waals surface area contributed by atoms with Crippen LogP contribution >= 0.6 is 0 Å². The zero-order chi connectivity index (χ0) is 12.6. The van der Waals surface area contributed by atoms with E-state index in [-0.39, 0.29) is 0 Å². The Morgan fingerprint density at radius 2 is 2.28 bits per heavy atom. The van der Waals surface area contributed by atoms with Gasteiger partial charge in [-0.05, 0) is 50.9 Å². The molecule has 2 rings (SSSR count). The lowest BCUT2D eigenvalue weighted by Gasteiger charge is -2.23. The number of anilines is 1. The molecule has 0 spiro atoms. The number of hydrogen-bond donors (Lipinski definition) is 2. The summed E-state index contributed by atoms with van der Waals surface area (Å²) in [7, 11) is 0. The molecule has 0 radical (unpaired) electrons. The summed E-state index contributed by atoms with van der Waals surface area (Å²) in [6.07, 6.45) is 7.52. The monoisotopic (exact) mass is 249 g/mol. The van der Waals surface area contributed by atoms with Crippen LogP contribution in [0.3, 0.4) is 0 Å². The Balaban J connectivity index is 1.57. The average molecular weight is 249 g/mol. The Morgan fingerprint density at radius 1 is 1.44 bits per heavy atom. The minimum Gasteiger partial charge on any atom is -0.385 e. The molecule has 0 aliphatic carbocycles. The van der Waals surface area contributed by atoms with Crippen LogP contribution in [0.15, 0.2) is 18.5 Å². The van der Waals surface area contributed by atoms with Gasteiger partial charge in [0.2, 0.25) is 0 Å². The molecule has 1 saturated heterocycles. The summed E-state index contributed by atoms with van der Waals surface area (Å²) in [6.45, 7) is 6.07. The van der Waals surface area contributed by atoms with Gasteiger partial charge in [-0.2, -0.15) is 0 Å². The first-order valence-electron chi connectivity index (χ1n) is 6.83. The minimum atomic E-state index is 0.467. The van der Waals surface area contributed by atoms with E-state index in [1.165, 1.54) is 11.3 Å². The van der Waals surface area contributed by atoms with E-state index in [0.29, 0.717) is 6.10 Å². The van der Waals surface area contributed by atoms with Gasteiger partial charge in [0.25, 0.3) is 0 Å². The summed E-state index contributed by atoms with van der Waals surface area (Å²) in [5.41, 5.74) is 2.36. The largest absolute Gasteiger partial charge is 0.385 e. The fraction of sp³-hybridized carbons (Fsp3) is 0.643. The Morgan fingerprint density at radius 3 is 3.06 bits per heavy atom. The van der Waals surface area contributed by atoms with Crippen LogP contribution in [0.1, 0.15) is 24.8 Å². The van der Waals surface area contributed by atoms with Crippen molar-refractivity contribution in [1.82, 2.24) is 10.3 Å². The van der Waals surface area contributed by atoms with Crippen molar-refractivity contribution in [2.24, 2.45) is 0 Å². The van der Waals surface area contributed by atoms with Gasteiger partial charge in [-0.25, -0.2) is 0 Å². The lowest BCUT2D eigenvalue weighted by atomic mass is 10.1. The fourth-order valence-corrected chi connectivity index (χ4v) is 2.18. The van der Waals surface area contributed by atoms with Crippen LogP contribution in [-0.4, -0.2) is 37.3 Å². The molecular weight excluding hydrogens is 226 g/mol. The predicted molar refractivity (Wildman–Crippen MR) is 73.9 cm³/mol. The number of rotatable bonds is 6. The van der Waals surface area contributed by atoms with E-state index >= 15 is 0 Å². The Hall–Kier alpha value is -1.13. The quantitative estimate of drug-likeness (QED) is 0.757.